The van der Waals surface area contributed by atoms with Gasteiger partial charge >= 0.3 is 7.12 Å². The molecule has 3 fully saturated rings. The van der Waals surface area contributed by atoms with E-state index in [2.05, 4.69) is 10.4 Å². The summed E-state index contributed by atoms with van der Waals surface area (Å²) < 4.78 is 28.3. The van der Waals surface area contributed by atoms with Gasteiger partial charge in [0.2, 0.25) is 11.8 Å². The van der Waals surface area contributed by atoms with Crippen LogP contribution in [0.25, 0.3) is 10.9 Å². The van der Waals surface area contributed by atoms with E-state index in [9.17, 15) is 18.8 Å². The molecule has 3 heterocycles. The average Bonchev–Trinajstić information content (AvgIpc) is 3.70. The van der Waals surface area contributed by atoms with Gasteiger partial charge in [-0.15, -0.1) is 0 Å². The lowest BCUT2D eigenvalue weighted by Gasteiger charge is -2.34. The Hall–Kier alpha value is -3.28. The number of hydrogen-bond acceptors (Lipinski definition) is 6. The summed E-state index contributed by atoms with van der Waals surface area (Å²) in [7, 11) is -0.612. The van der Waals surface area contributed by atoms with Crippen LogP contribution in [-0.4, -0.2) is 62.7 Å². The van der Waals surface area contributed by atoms with Crippen molar-refractivity contribution in [2.45, 2.75) is 90.3 Å². The molecular weight excluding hydrogens is 574 g/mol. The summed E-state index contributed by atoms with van der Waals surface area (Å²) in [4.78, 5) is 41.5. The van der Waals surface area contributed by atoms with E-state index in [1.807, 2.05) is 45.9 Å². The van der Waals surface area contributed by atoms with Crippen LogP contribution in [0.2, 0.25) is 5.02 Å². The molecule has 0 unspecified atom stereocenters. The number of nitrogens with one attached hydrogen (secondary N) is 1. The molecule has 1 aliphatic carbocycles. The highest BCUT2D eigenvalue weighted by Gasteiger charge is 2.52. The number of ketones is 1. The first kappa shape index (κ1) is 29.8. The summed E-state index contributed by atoms with van der Waals surface area (Å²) in [5, 5.41) is 7.94. The fourth-order valence-corrected chi connectivity index (χ4v) is 6.76. The normalized spacial score (nSPS) is 23.7. The Kier molecular flexibility index (Phi) is 7.42. The van der Waals surface area contributed by atoms with Crippen molar-refractivity contribution in [2.75, 3.05) is 0 Å². The number of hydrogen-bond donors (Lipinski definition) is 1. The van der Waals surface area contributed by atoms with Crippen LogP contribution in [0, 0.1) is 11.7 Å². The minimum absolute atomic E-state index is 0.0112. The van der Waals surface area contributed by atoms with Crippen LogP contribution in [0.1, 0.15) is 69.9 Å². The number of likely N-dealkylation sites (tertiary alicyclic amines) is 1. The number of nitrogens with zero attached hydrogens (tertiary/aromatic N) is 3. The van der Waals surface area contributed by atoms with E-state index in [1.54, 1.807) is 17.0 Å². The largest absolute Gasteiger partial charge is 0.494 e. The smallest absolute Gasteiger partial charge is 0.399 e. The van der Waals surface area contributed by atoms with E-state index in [1.165, 1.54) is 17.7 Å². The molecule has 3 aliphatic rings. The van der Waals surface area contributed by atoms with Crippen LogP contribution in [-0.2, 0) is 32.0 Å². The van der Waals surface area contributed by atoms with Crippen LogP contribution < -0.4 is 10.8 Å². The number of fused-ring (bicyclic) bond motifs is 3. The number of amides is 2. The van der Waals surface area contributed by atoms with Gasteiger partial charge in [-0.05, 0) is 70.5 Å². The molecule has 226 valence electrons. The third-order valence-electron chi connectivity index (χ3n) is 9.54. The Balaban J connectivity index is 1.23. The van der Waals surface area contributed by atoms with Crippen molar-refractivity contribution in [3.8, 4) is 0 Å². The van der Waals surface area contributed by atoms with E-state index >= 15 is 0 Å². The second kappa shape index (κ2) is 10.7. The van der Waals surface area contributed by atoms with E-state index in [4.69, 9.17) is 20.9 Å². The summed E-state index contributed by atoms with van der Waals surface area (Å²) in [5.74, 6) is -1.34. The van der Waals surface area contributed by atoms with Crippen molar-refractivity contribution in [1.82, 2.24) is 20.0 Å². The number of benzene rings is 2. The lowest BCUT2D eigenvalue weighted by atomic mass is 9.78. The number of rotatable bonds is 7. The van der Waals surface area contributed by atoms with Gasteiger partial charge in [-0.3, -0.25) is 19.1 Å². The molecule has 6 rings (SSSR count). The Morgan fingerprint density at radius 1 is 1.12 bits per heavy atom. The SMILES string of the molecule is CC(=O)c1nn(CC(=O)N2[C@@H]3CC[C@@H](C3)[C@H]2C(=O)NCc2cccc(Cl)c2F)c2ccc(B3OC(C)(C)C(C)(C)O3)cc12. The zero-order chi connectivity index (χ0) is 30.8. The van der Waals surface area contributed by atoms with Gasteiger partial charge in [0, 0.05) is 30.5 Å². The zero-order valence-electron chi connectivity index (χ0n) is 24.9. The van der Waals surface area contributed by atoms with Gasteiger partial charge in [-0.1, -0.05) is 35.9 Å². The predicted molar refractivity (Wildman–Crippen MR) is 160 cm³/mol. The molecule has 2 saturated heterocycles. The summed E-state index contributed by atoms with van der Waals surface area (Å²) in [5.41, 5.74) is 0.869. The monoisotopic (exact) mass is 608 g/mol. The lowest BCUT2D eigenvalue weighted by molar-refractivity contribution is -0.143. The number of carbonyl (C=O) groups is 3. The van der Waals surface area contributed by atoms with Crippen molar-refractivity contribution in [1.29, 1.82) is 0 Å². The third kappa shape index (κ3) is 5.15. The molecule has 12 heteroatoms. The van der Waals surface area contributed by atoms with Crippen LogP contribution >= 0.6 is 11.6 Å². The standard InChI is InChI=1S/C31H35BClFN4O5/c1-17(39)27-22-14-20(32-42-30(2,3)31(4,5)43-32)10-12-24(22)37(36-27)16-25(40)38-21-11-9-18(13-21)28(38)29(41)35-15-19-7-6-8-23(33)26(19)34/h6-8,10,12,14,18,21,28H,9,11,13,15-16H2,1-5H3,(H,35,41)/t18-,21+,28-/m0/s1. The maximum absolute atomic E-state index is 14.4. The fraction of sp³-hybridized carbons (Fsp3) is 0.484. The average molecular weight is 609 g/mol. The summed E-state index contributed by atoms with van der Waals surface area (Å²) in [6, 6.07) is 9.46. The predicted octanol–water partition coefficient (Wildman–Crippen LogP) is 4.03. The van der Waals surface area contributed by atoms with Crippen molar-refractivity contribution in [3.05, 3.63) is 58.5 Å². The first-order valence-electron chi connectivity index (χ1n) is 14.7. The van der Waals surface area contributed by atoms with Gasteiger partial charge in [0.15, 0.2) is 5.78 Å². The summed E-state index contributed by atoms with van der Waals surface area (Å²) >= 11 is 5.89. The summed E-state index contributed by atoms with van der Waals surface area (Å²) in [6.07, 6.45) is 2.41. The molecule has 2 aliphatic heterocycles. The molecule has 1 saturated carbocycles. The Labute approximate surface area is 255 Å². The molecule has 9 nitrogen and oxygen atoms in total. The topological polar surface area (TPSA) is 103 Å². The minimum atomic E-state index is -0.655. The van der Waals surface area contributed by atoms with Gasteiger partial charge in [0.25, 0.3) is 0 Å². The molecule has 2 amide bonds. The Bertz CT molecular complexity index is 1630. The van der Waals surface area contributed by atoms with E-state index < -0.39 is 30.2 Å². The molecule has 2 aromatic carbocycles. The van der Waals surface area contributed by atoms with Gasteiger partial charge in [-0.25, -0.2) is 4.39 Å². The molecule has 3 aromatic rings. The second-order valence-corrected chi connectivity index (χ2v) is 13.2. The van der Waals surface area contributed by atoms with Crippen molar-refractivity contribution < 1.29 is 28.1 Å². The quantitative estimate of drug-likeness (QED) is 0.321. The molecule has 0 spiro atoms. The molecular formula is C31H35BClFN4O5. The van der Waals surface area contributed by atoms with Crippen molar-refractivity contribution >= 4 is 52.7 Å². The highest BCUT2D eigenvalue weighted by molar-refractivity contribution is 6.62. The van der Waals surface area contributed by atoms with Crippen molar-refractivity contribution in [3.63, 3.8) is 0 Å². The molecule has 2 bridgehead atoms. The lowest BCUT2D eigenvalue weighted by Crippen LogP contribution is -2.53. The first-order chi connectivity index (χ1) is 20.3. The van der Waals surface area contributed by atoms with Gasteiger partial charge in [0.05, 0.1) is 21.7 Å². The van der Waals surface area contributed by atoms with Crippen LogP contribution in [0.5, 0.6) is 0 Å². The molecule has 43 heavy (non-hydrogen) atoms. The summed E-state index contributed by atoms with van der Waals surface area (Å²) in [6.45, 7) is 9.19. The highest BCUT2D eigenvalue weighted by atomic mass is 35.5. The number of piperidine rings is 1. The highest BCUT2D eigenvalue weighted by Crippen LogP contribution is 2.43. The van der Waals surface area contributed by atoms with Gasteiger partial charge in [0.1, 0.15) is 24.1 Å². The molecule has 0 radical (unpaired) electrons. The van der Waals surface area contributed by atoms with Gasteiger partial charge in [-0.2, -0.15) is 5.10 Å². The third-order valence-corrected chi connectivity index (χ3v) is 9.84. The number of Topliss-reactive ketones (excluding diaryl/α,β-unsaturated/α-hetero) is 1. The number of halogens is 2. The maximum Gasteiger partial charge on any atom is 0.494 e. The van der Waals surface area contributed by atoms with E-state index in [-0.39, 0.29) is 58.9 Å². The molecule has 3 atom stereocenters. The van der Waals surface area contributed by atoms with Crippen molar-refractivity contribution in [2.24, 2.45) is 5.92 Å². The second-order valence-electron chi connectivity index (χ2n) is 12.8. The number of aromatic nitrogens is 2. The molecule has 1 aromatic heterocycles. The van der Waals surface area contributed by atoms with E-state index in [0.717, 1.165) is 24.7 Å². The fourth-order valence-electron chi connectivity index (χ4n) is 6.57. The zero-order valence-corrected chi connectivity index (χ0v) is 25.7. The van der Waals surface area contributed by atoms with Crippen LogP contribution in [0.15, 0.2) is 36.4 Å². The first-order valence-corrected chi connectivity index (χ1v) is 15.0. The minimum Gasteiger partial charge on any atom is -0.399 e. The van der Waals surface area contributed by atoms with Crippen LogP contribution in [0.4, 0.5) is 4.39 Å². The molecule has 1 N–H and O–H groups in total. The maximum atomic E-state index is 14.4. The van der Waals surface area contributed by atoms with Gasteiger partial charge < -0.3 is 19.5 Å². The Morgan fingerprint density at radius 3 is 2.53 bits per heavy atom. The van der Waals surface area contributed by atoms with E-state index in [0.29, 0.717) is 10.9 Å². The Morgan fingerprint density at radius 2 is 1.84 bits per heavy atom. The van der Waals surface area contributed by atoms with Crippen LogP contribution in [0.3, 0.4) is 0 Å². The number of carbonyl (C=O) groups excluding carboxylic acids is 3.